The van der Waals surface area contributed by atoms with Crippen LogP contribution in [0.15, 0.2) is 24.3 Å². The van der Waals surface area contributed by atoms with Gasteiger partial charge in [-0.3, -0.25) is 4.90 Å². The first-order valence-electron chi connectivity index (χ1n) is 6.96. The van der Waals surface area contributed by atoms with E-state index in [0.29, 0.717) is 5.56 Å². The highest BCUT2D eigenvalue weighted by atomic mass is 19.1. The first-order chi connectivity index (χ1) is 9.00. The van der Waals surface area contributed by atoms with E-state index in [9.17, 15) is 4.39 Å². The zero-order valence-electron chi connectivity index (χ0n) is 11.8. The van der Waals surface area contributed by atoms with Gasteiger partial charge in [0.25, 0.3) is 0 Å². The van der Waals surface area contributed by atoms with Crippen molar-refractivity contribution in [3.8, 4) is 0 Å². The highest BCUT2D eigenvalue weighted by Crippen LogP contribution is 2.28. The minimum Gasteiger partial charge on any atom is -0.324 e. The molecule has 3 nitrogen and oxygen atoms in total. The van der Waals surface area contributed by atoms with Crippen molar-refractivity contribution in [3.63, 3.8) is 0 Å². The number of nitrogens with one attached hydrogen (secondary N) is 1. The molecule has 0 bridgehead atoms. The van der Waals surface area contributed by atoms with Crippen LogP contribution in [0.25, 0.3) is 0 Å². The Morgan fingerprint density at radius 1 is 1.32 bits per heavy atom. The van der Waals surface area contributed by atoms with Crippen molar-refractivity contribution in [1.82, 2.24) is 10.2 Å². The molecular weight excluding hydrogens is 241 g/mol. The van der Waals surface area contributed by atoms with E-state index in [-0.39, 0.29) is 17.4 Å². The Morgan fingerprint density at radius 2 is 1.95 bits per heavy atom. The van der Waals surface area contributed by atoms with Crippen molar-refractivity contribution in [2.75, 3.05) is 26.2 Å². The number of nitrogens with zero attached hydrogens (tertiary/aromatic N) is 1. The molecule has 1 atom stereocenters. The second-order valence-corrected chi connectivity index (χ2v) is 5.88. The van der Waals surface area contributed by atoms with Crippen molar-refractivity contribution in [3.05, 3.63) is 35.6 Å². The van der Waals surface area contributed by atoms with Gasteiger partial charge in [-0.25, -0.2) is 4.39 Å². The maximum Gasteiger partial charge on any atom is 0.127 e. The number of benzene rings is 1. The smallest absolute Gasteiger partial charge is 0.127 e. The molecule has 4 heteroatoms. The minimum atomic E-state index is -0.258. The van der Waals surface area contributed by atoms with Crippen molar-refractivity contribution in [1.29, 1.82) is 0 Å². The van der Waals surface area contributed by atoms with Gasteiger partial charge in [-0.15, -0.1) is 0 Å². The summed E-state index contributed by atoms with van der Waals surface area (Å²) >= 11 is 0. The first kappa shape index (κ1) is 14.4. The maximum atomic E-state index is 13.8. The highest BCUT2D eigenvalue weighted by molar-refractivity contribution is 5.21. The van der Waals surface area contributed by atoms with Crippen molar-refractivity contribution >= 4 is 0 Å². The molecule has 0 spiro atoms. The van der Waals surface area contributed by atoms with E-state index in [1.807, 2.05) is 6.07 Å². The van der Waals surface area contributed by atoms with Gasteiger partial charge in [0.2, 0.25) is 0 Å². The molecule has 1 saturated heterocycles. The monoisotopic (exact) mass is 265 g/mol. The Labute approximate surface area is 115 Å². The molecule has 2 rings (SSSR count). The van der Waals surface area contributed by atoms with Crippen LogP contribution in [0.1, 0.15) is 31.9 Å². The van der Waals surface area contributed by atoms with Gasteiger partial charge in [-0.1, -0.05) is 18.2 Å². The Balaban J connectivity index is 2.04. The van der Waals surface area contributed by atoms with Gasteiger partial charge in [0.05, 0.1) is 0 Å². The Hall–Kier alpha value is -0.970. The molecule has 3 N–H and O–H groups in total. The van der Waals surface area contributed by atoms with Gasteiger partial charge in [0.1, 0.15) is 5.82 Å². The fourth-order valence-corrected chi connectivity index (χ4v) is 2.82. The van der Waals surface area contributed by atoms with Crippen LogP contribution in [0, 0.1) is 5.82 Å². The van der Waals surface area contributed by atoms with Crippen LogP contribution < -0.4 is 11.1 Å². The molecule has 1 aromatic rings. The Bertz CT molecular complexity index is 414. The standard InChI is InChI=1S/C15H24FN3/c1-15(2,19-9-7-18-8-10-19)11-14(17)12-5-3-4-6-13(12)16/h3-6,14,18H,7-11,17H2,1-2H3. The van der Waals surface area contributed by atoms with E-state index >= 15 is 0 Å². The van der Waals surface area contributed by atoms with E-state index in [2.05, 4.69) is 24.1 Å². The Kier molecular flexibility index (Phi) is 4.55. The highest BCUT2D eigenvalue weighted by Gasteiger charge is 2.30. The zero-order valence-corrected chi connectivity index (χ0v) is 11.8. The molecule has 1 aliphatic heterocycles. The summed E-state index contributed by atoms with van der Waals surface area (Å²) in [4.78, 5) is 2.43. The van der Waals surface area contributed by atoms with E-state index in [1.165, 1.54) is 6.07 Å². The summed E-state index contributed by atoms with van der Waals surface area (Å²) in [5.74, 6) is -0.203. The molecule has 0 aliphatic carbocycles. The van der Waals surface area contributed by atoms with Crippen LogP contribution in [0.2, 0.25) is 0 Å². The molecular formula is C15H24FN3. The topological polar surface area (TPSA) is 41.3 Å². The third-order valence-corrected chi connectivity index (χ3v) is 4.00. The molecule has 0 amide bonds. The molecule has 1 unspecified atom stereocenters. The predicted molar refractivity (Wildman–Crippen MR) is 76.5 cm³/mol. The van der Waals surface area contributed by atoms with Gasteiger partial charge in [0.15, 0.2) is 0 Å². The van der Waals surface area contributed by atoms with E-state index in [1.54, 1.807) is 12.1 Å². The van der Waals surface area contributed by atoms with Gasteiger partial charge in [-0.05, 0) is 26.3 Å². The summed E-state index contributed by atoms with van der Waals surface area (Å²) in [6, 6.07) is 6.55. The summed E-state index contributed by atoms with van der Waals surface area (Å²) in [7, 11) is 0. The number of halogens is 1. The molecule has 1 aliphatic rings. The maximum absolute atomic E-state index is 13.8. The van der Waals surface area contributed by atoms with Crippen LogP contribution in [0.5, 0.6) is 0 Å². The molecule has 106 valence electrons. The number of hydrogen-bond donors (Lipinski definition) is 2. The molecule has 1 fully saturated rings. The molecule has 0 radical (unpaired) electrons. The van der Waals surface area contributed by atoms with Crippen molar-refractivity contribution < 1.29 is 4.39 Å². The van der Waals surface area contributed by atoms with Crippen molar-refractivity contribution in [2.24, 2.45) is 5.73 Å². The number of piperazine rings is 1. The van der Waals surface area contributed by atoms with Crippen LogP contribution in [0.3, 0.4) is 0 Å². The zero-order chi connectivity index (χ0) is 13.9. The SMILES string of the molecule is CC(C)(CC(N)c1ccccc1F)N1CCNCC1. The first-order valence-corrected chi connectivity index (χ1v) is 6.96. The number of nitrogens with two attached hydrogens (primary N) is 1. The van der Waals surface area contributed by atoms with Crippen LogP contribution in [-0.4, -0.2) is 36.6 Å². The molecule has 0 saturated carbocycles. The van der Waals surface area contributed by atoms with E-state index in [0.717, 1.165) is 32.6 Å². The average molecular weight is 265 g/mol. The van der Waals surface area contributed by atoms with E-state index < -0.39 is 0 Å². The molecule has 0 aromatic heterocycles. The summed E-state index contributed by atoms with van der Waals surface area (Å²) < 4.78 is 13.8. The van der Waals surface area contributed by atoms with Gasteiger partial charge < -0.3 is 11.1 Å². The van der Waals surface area contributed by atoms with Gasteiger partial charge in [-0.2, -0.15) is 0 Å². The van der Waals surface area contributed by atoms with Crippen LogP contribution >= 0.6 is 0 Å². The lowest BCUT2D eigenvalue weighted by Gasteiger charge is -2.42. The summed E-state index contributed by atoms with van der Waals surface area (Å²) in [5, 5.41) is 3.35. The average Bonchev–Trinajstić information content (AvgIpc) is 2.39. The van der Waals surface area contributed by atoms with Crippen LogP contribution in [-0.2, 0) is 0 Å². The third kappa shape index (κ3) is 3.53. The fourth-order valence-electron chi connectivity index (χ4n) is 2.82. The fraction of sp³-hybridized carbons (Fsp3) is 0.600. The Morgan fingerprint density at radius 3 is 2.58 bits per heavy atom. The quantitative estimate of drug-likeness (QED) is 0.873. The predicted octanol–water partition coefficient (Wildman–Crippen LogP) is 1.90. The largest absolute Gasteiger partial charge is 0.324 e. The number of rotatable bonds is 4. The lowest BCUT2D eigenvalue weighted by molar-refractivity contribution is 0.0890. The second-order valence-electron chi connectivity index (χ2n) is 5.88. The molecule has 19 heavy (non-hydrogen) atoms. The van der Waals surface area contributed by atoms with Gasteiger partial charge in [0, 0.05) is 43.3 Å². The minimum absolute atomic E-state index is 0.0101. The van der Waals surface area contributed by atoms with Crippen molar-refractivity contribution in [2.45, 2.75) is 31.8 Å². The third-order valence-electron chi connectivity index (χ3n) is 4.00. The molecule has 1 aromatic carbocycles. The van der Waals surface area contributed by atoms with Gasteiger partial charge >= 0.3 is 0 Å². The lowest BCUT2D eigenvalue weighted by atomic mass is 9.89. The van der Waals surface area contributed by atoms with E-state index in [4.69, 9.17) is 5.73 Å². The normalized spacial score (nSPS) is 19.4. The second kappa shape index (κ2) is 5.99. The summed E-state index contributed by atoms with van der Waals surface area (Å²) in [5.41, 5.74) is 6.81. The summed E-state index contributed by atoms with van der Waals surface area (Å²) in [6.07, 6.45) is 0.758. The van der Waals surface area contributed by atoms with Crippen LogP contribution in [0.4, 0.5) is 4.39 Å². The lowest BCUT2D eigenvalue weighted by Crippen LogP contribution is -2.54. The summed E-state index contributed by atoms with van der Waals surface area (Å²) in [6.45, 7) is 8.46. The molecule has 1 heterocycles. The number of hydrogen-bond acceptors (Lipinski definition) is 3.